The predicted molar refractivity (Wildman–Crippen MR) is 91.1 cm³/mol. The standard InChI is InChI=1S/C18H25N3O4/c1-24-11-2-9-21-16(22)5-10-20(13-18(21)6-12-25-14-18)17(23)15-3-7-19-8-4-15/h3-4,7-8H,2,5-6,9-14H2,1H3. The van der Waals surface area contributed by atoms with Crippen molar-refractivity contribution in [2.45, 2.75) is 24.8 Å². The Labute approximate surface area is 147 Å². The second-order valence-corrected chi connectivity index (χ2v) is 6.63. The van der Waals surface area contributed by atoms with Crippen LogP contribution in [-0.4, -0.2) is 78.7 Å². The maximum Gasteiger partial charge on any atom is 0.254 e. The minimum absolute atomic E-state index is 0.0554. The largest absolute Gasteiger partial charge is 0.385 e. The molecule has 0 aliphatic carbocycles. The van der Waals surface area contributed by atoms with Gasteiger partial charge in [0.05, 0.1) is 12.1 Å². The Morgan fingerprint density at radius 3 is 2.88 bits per heavy atom. The fourth-order valence-corrected chi connectivity index (χ4v) is 3.66. The average Bonchev–Trinajstić information content (AvgIpc) is 3.06. The number of nitrogens with zero attached hydrogens (tertiary/aromatic N) is 3. The minimum atomic E-state index is -0.427. The molecule has 0 N–H and O–H groups in total. The van der Waals surface area contributed by atoms with Crippen LogP contribution >= 0.6 is 0 Å². The Hall–Kier alpha value is -1.99. The first-order valence-electron chi connectivity index (χ1n) is 8.73. The number of rotatable bonds is 5. The summed E-state index contributed by atoms with van der Waals surface area (Å²) in [5.41, 5.74) is 0.175. The van der Waals surface area contributed by atoms with Crippen molar-refractivity contribution in [3.8, 4) is 0 Å². The van der Waals surface area contributed by atoms with E-state index in [9.17, 15) is 9.59 Å². The Morgan fingerprint density at radius 1 is 1.40 bits per heavy atom. The molecule has 1 aromatic heterocycles. The van der Waals surface area contributed by atoms with Gasteiger partial charge in [-0.15, -0.1) is 0 Å². The monoisotopic (exact) mass is 347 g/mol. The molecule has 2 aliphatic rings. The van der Waals surface area contributed by atoms with E-state index in [-0.39, 0.29) is 11.8 Å². The first kappa shape index (κ1) is 17.8. The summed E-state index contributed by atoms with van der Waals surface area (Å²) in [6.45, 7) is 3.28. The quantitative estimate of drug-likeness (QED) is 0.742. The molecule has 0 bridgehead atoms. The lowest BCUT2D eigenvalue weighted by molar-refractivity contribution is -0.136. The zero-order valence-corrected chi connectivity index (χ0v) is 14.6. The smallest absolute Gasteiger partial charge is 0.254 e. The summed E-state index contributed by atoms with van der Waals surface area (Å²) in [6.07, 6.45) is 5.10. The zero-order chi connectivity index (χ0) is 17.7. The van der Waals surface area contributed by atoms with Crippen molar-refractivity contribution in [3.63, 3.8) is 0 Å². The van der Waals surface area contributed by atoms with Crippen LogP contribution in [0.15, 0.2) is 24.5 Å². The van der Waals surface area contributed by atoms with E-state index in [1.807, 2.05) is 4.90 Å². The summed E-state index contributed by atoms with van der Waals surface area (Å²) in [6, 6.07) is 3.42. The van der Waals surface area contributed by atoms with E-state index < -0.39 is 5.54 Å². The number of carbonyl (C=O) groups excluding carboxylic acids is 2. The van der Waals surface area contributed by atoms with Crippen molar-refractivity contribution in [3.05, 3.63) is 30.1 Å². The molecule has 1 aromatic rings. The van der Waals surface area contributed by atoms with Gasteiger partial charge in [-0.3, -0.25) is 14.6 Å². The fraction of sp³-hybridized carbons (Fsp3) is 0.611. The molecule has 2 fully saturated rings. The van der Waals surface area contributed by atoms with Crippen LogP contribution in [0, 0.1) is 0 Å². The lowest BCUT2D eigenvalue weighted by atomic mass is 9.95. The van der Waals surface area contributed by atoms with Crippen LogP contribution in [0.3, 0.4) is 0 Å². The number of methoxy groups -OCH3 is 1. The summed E-state index contributed by atoms with van der Waals surface area (Å²) in [4.78, 5) is 33.3. The Kier molecular flexibility index (Phi) is 5.65. The average molecular weight is 347 g/mol. The second kappa shape index (κ2) is 7.93. The topological polar surface area (TPSA) is 72.0 Å². The molecule has 7 heteroatoms. The minimum Gasteiger partial charge on any atom is -0.385 e. The van der Waals surface area contributed by atoms with Crippen LogP contribution < -0.4 is 0 Å². The van der Waals surface area contributed by atoms with Crippen LogP contribution in [0.5, 0.6) is 0 Å². The van der Waals surface area contributed by atoms with Crippen molar-refractivity contribution in [1.29, 1.82) is 0 Å². The van der Waals surface area contributed by atoms with Gasteiger partial charge in [-0.1, -0.05) is 0 Å². The maximum absolute atomic E-state index is 12.9. The molecule has 3 heterocycles. The summed E-state index contributed by atoms with van der Waals surface area (Å²) in [7, 11) is 1.66. The molecule has 7 nitrogen and oxygen atoms in total. The lowest BCUT2D eigenvalue weighted by Crippen LogP contribution is -2.57. The summed E-state index contributed by atoms with van der Waals surface area (Å²) in [5.74, 6) is 0.0341. The molecule has 0 radical (unpaired) electrons. The van der Waals surface area contributed by atoms with Crippen molar-refractivity contribution in [2.24, 2.45) is 0 Å². The third-order valence-electron chi connectivity index (χ3n) is 4.98. The number of pyridine rings is 1. The summed E-state index contributed by atoms with van der Waals surface area (Å²) >= 11 is 0. The van der Waals surface area contributed by atoms with Crippen LogP contribution in [-0.2, 0) is 14.3 Å². The van der Waals surface area contributed by atoms with Gasteiger partial charge in [-0.25, -0.2) is 0 Å². The molecule has 136 valence electrons. The molecule has 25 heavy (non-hydrogen) atoms. The predicted octanol–water partition coefficient (Wildman–Crippen LogP) is 0.952. The van der Waals surface area contributed by atoms with Gasteiger partial charge in [0.2, 0.25) is 5.91 Å². The van der Waals surface area contributed by atoms with Crippen LogP contribution in [0.2, 0.25) is 0 Å². The van der Waals surface area contributed by atoms with Gasteiger partial charge in [-0.05, 0) is 25.0 Å². The van der Waals surface area contributed by atoms with Gasteiger partial charge >= 0.3 is 0 Å². The van der Waals surface area contributed by atoms with E-state index in [0.717, 1.165) is 12.8 Å². The van der Waals surface area contributed by atoms with E-state index in [2.05, 4.69) is 4.98 Å². The summed E-state index contributed by atoms with van der Waals surface area (Å²) in [5, 5.41) is 0. The zero-order valence-electron chi connectivity index (χ0n) is 14.6. The first-order chi connectivity index (χ1) is 12.2. The fourth-order valence-electron chi connectivity index (χ4n) is 3.66. The van der Waals surface area contributed by atoms with Gasteiger partial charge in [0.25, 0.3) is 5.91 Å². The van der Waals surface area contributed by atoms with Gasteiger partial charge in [0.1, 0.15) is 0 Å². The highest BCUT2D eigenvalue weighted by atomic mass is 16.5. The van der Waals surface area contributed by atoms with Gasteiger partial charge < -0.3 is 19.3 Å². The number of ether oxygens (including phenoxy) is 2. The number of aromatic nitrogens is 1. The van der Waals surface area contributed by atoms with E-state index in [1.165, 1.54) is 0 Å². The normalized spacial score (nSPS) is 24.0. The van der Waals surface area contributed by atoms with E-state index in [1.54, 1.807) is 36.5 Å². The molecule has 1 spiro atoms. The Morgan fingerprint density at radius 2 is 2.20 bits per heavy atom. The molecule has 2 saturated heterocycles. The van der Waals surface area contributed by atoms with Crippen molar-refractivity contribution >= 4 is 11.8 Å². The summed E-state index contributed by atoms with van der Waals surface area (Å²) < 4.78 is 10.8. The molecular formula is C18H25N3O4. The molecular weight excluding hydrogens is 322 g/mol. The molecule has 2 aliphatic heterocycles. The lowest BCUT2D eigenvalue weighted by Gasteiger charge is -2.40. The molecule has 1 unspecified atom stereocenters. The molecule has 0 aromatic carbocycles. The van der Waals surface area contributed by atoms with Gasteiger partial charge in [0, 0.05) is 64.3 Å². The van der Waals surface area contributed by atoms with Crippen molar-refractivity contribution in [1.82, 2.24) is 14.8 Å². The number of carbonyl (C=O) groups is 2. The van der Waals surface area contributed by atoms with Crippen LogP contribution in [0.4, 0.5) is 0 Å². The van der Waals surface area contributed by atoms with E-state index in [4.69, 9.17) is 9.47 Å². The SMILES string of the molecule is COCCCN1C(=O)CCN(C(=O)c2ccncc2)CC12CCOC2. The highest BCUT2D eigenvalue weighted by Gasteiger charge is 2.46. The number of amides is 2. The number of hydrogen-bond donors (Lipinski definition) is 0. The molecule has 3 rings (SSSR count). The van der Waals surface area contributed by atoms with Crippen molar-refractivity contribution < 1.29 is 19.1 Å². The first-order valence-corrected chi connectivity index (χ1v) is 8.73. The van der Waals surface area contributed by atoms with Crippen LogP contribution in [0.25, 0.3) is 0 Å². The van der Waals surface area contributed by atoms with Crippen LogP contribution in [0.1, 0.15) is 29.6 Å². The molecule has 1 atom stereocenters. The molecule has 2 amide bonds. The van der Waals surface area contributed by atoms with Gasteiger partial charge in [0.15, 0.2) is 0 Å². The third kappa shape index (κ3) is 3.82. The van der Waals surface area contributed by atoms with Crippen molar-refractivity contribution in [2.75, 3.05) is 46.6 Å². The maximum atomic E-state index is 12.9. The van der Waals surface area contributed by atoms with E-state index >= 15 is 0 Å². The highest BCUT2D eigenvalue weighted by molar-refractivity contribution is 5.94. The third-order valence-corrected chi connectivity index (χ3v) is 4.98. The Bertz CT molecular complexity index is 602. The second-order valence-electron chi connectivity index (χ2n) is 6.63. The Balaban J connectivity index is 1.81. The number of hydrogen-bond acceptors (Lipinski definition) is 5. The molecule has 0 saturated carbocycles. The van der Waals surface area contributed by atoms with E-state index in [0.29, 0.717) is 51.4 Å². The van der Waals surface area contributed by atoms with Gasteiger partial charge in [-0.2, -0.15) is 0 Å². The highest BCUT2D eigenvalue weighted by Crippen LogP contribution is 2.31.